The lowest BCUT2D eigenvalue weighted by Crippen LogP contribution is -2.38. The van der Waals surface area contributed by atoms with Crippen molar-refractivity contribution < 1.29 is 17.6 Å². The lowest BCUT2D eigenvalue weighted by Gasteiger charge is -2.18. The number of hydrogen-bond acceptors (Lipinski definition) is 3. The Balaban J connectivity index is 1.89. The van der Waals surface area contributed by atoms with Gasteiger partial charge in [0.15, 0.2) is 0 Å². The van der Waals surface area contributed by atoms with Gasteiger partial charge >= 0.3 is 6.03 Å². The molecule has 0 fully saturated rings. The zero-order chi connectivity index (χ0) is 19.2. The van der Waals surface area contributed by atoms with Gasteiger partial charge < -0.3 is 10.6 Å². The van der Waals surface area contributed by atoms with Gasteiger partial charge in [-0.2, -0.15) is 0 Å². The highest BCUT2D eigenvalue weighted by Gasteiger charge is 2.14. The first-order valence-corrected chi connectivity index (χ1v) is 9.99. The van der Waals surface area contributed by atoms with Crippen molar-refractivity contribution in [1.29, 1.82) is 0 Å². The molecule has 2 amide bonds. The van der Waals surface area contributed by atoms with Crippen molar-refractivity contribution in [3.8, 4) is 0 Å². The third-order valence-electron chi connectivity index (χ3n) is 3.68. The van der Waals surface area contributed by atoms with Crippen molar-refractivity contribution in [2.75, 3.05) is 17.5 Å². The summed E-state index contributed by atoms with van der Waals surface area (Å²) in [6.07, 6.45) is 1.65. The highest BCUT2D eigenvalue weighted by atomic mass is 32.2. The Kier molecular flexibility index (Phi) is 6.57. The molecule has 0 saturated carbocycles. The lowest BCUT2D eigenvalue weighted by atomic mass is 10.1. The summed E-state index contributed by atoms with van der Waals surface area (Å²) in [7, 11) is -3.41. The average Bonchev–Trinajstić information content (AvgIpc) is 2.55. The first kappa shape index (κ1) is 19.7. The molecule has 0 heterocycles. The molecule has 2 rings (SSSR count). The number of anilines is 1. The molecule has 2 aromatic carbocycles. The monoisotopic (exact) mass is 379 g/mol. The standard InChI is InChI=1S/C18H22FN3O3S/c1-13(16-5-3-4-6-17(16)22-26(2,24)25)21-18(23)20-12-11-14-7-9-15(19)10-8-14/h3-10,13,22H,11-12H2,1-2H3,(H2,20,21,23)/t13-/m0/s1. The Morgan fingerprint density at radius 2 is 1.77 bits per heavy atom. The van der Waals surface area contributed by atoms with Crippen LogP contribution in [0.3, 0.4) is 0 Å². The van der Waals surface area contributed by atoms with Crippen LogP contribution in [0.15, 0.2) is 48.5 Å². The Labute approximate surface area is 152 Å². The number of amides is 2. The van der Waals surface area contributed by atoms with Crippen molar-refractivity contribution in [1.82, 2.24) is 10.6 Å². The second-order valence-corrected chi connectivity index (χ2v) is 7.71. The summed E-state index contributed by atoms with van der Waals surface area (Å²) in [6.45, 7) is 2.16. The van der Waals surface area contributed by atoms with Gasteiger partial charge in [0.05, 0.1) is 18.0 Å². The molecule has 0 saturated heterocycles. The van der Waals surface area contributed by atoms with Crippen molar-refractivity contribution in [3.63, 3.8) is 0 Å². The van der Waals surface area contributed by atoms with Crippen LogP contribution < -0.4 is 15.4 Å². The van der Waals surface area contributed by atoms with E-state index in [2.05, 4.69) is 15.4 Å². The number of hydrogen-bond donors (Lipinski definition) is 3. The molecular formula is C18H22FN3O3S. The predicted octanol–water partition coefficient (Wildman–Crippen LogP) is 2.80. The Hall–Kier alpha value is -2.61. The van der Waals surface area contributed by atoms with Crippen LogP contribution >= 0.6 is 0 Å². The van der Waals surface area contributed by atoms with Gasteiger partial charge in [-0.1, -0.05) is 30.3 Å². The van der Waals surface area contributed by atoms with E-state index in [0.717, 1.165) is 11.8 Å². The first-order chi connectivity index (χ1) is 12.2. The summed E-state index contributed by atoms with van der Waals surface area (Å²) < 4.78 is 38.2. The lowest BCUT2D eigenvalue weighted by molar-refractivity contribution is 0.238. The SMILES string of the molecule is C[C@H](NC(=O)NCCc1ccc(F)cc1)c1ccccc1NS(C)(=O)=O. The van der Waals surface area contributed by atoms with Crippen LogP contribution in [0.5, 0.6) is 0 Å². The van der Waals surface area contributed by atoms with Gasteiger partial charge in [-0.05, 0) is 42.7 Å². The second kappa shape index (κ2) is 8.66. The minimum Gasteiger partial charge on any atom is -0.338 e. The fourth-order valence-electron chi connectivity index (χ4n) is 2.46. The normalized spacial score (nSPS) is 12.3. The smallest absolute Gasteiger partial charge is 0.315 e. The van der Waals surface area contributed by atoms with E-state index in [-0.39, 0.29) is 11.8 Å². The molecular weight excluding hydrogens is 357 g/mol. The second-order valence-electron chi connectivity index (χ2n) is 5.96. The van der Waals surface area contributed by atoms with E-state index in [1.807, 2.05) is 0 Å². The number of urea groups is 1. The van der Waals surface area contributed by atoms with Crippen LogP contribution in [0.2, 0.25) is 0 Å². The Morgan fingerprint density at radius 3 is 2.42 bits per heavy atom. The molecule has 3 N–H and O–H groups in total. The van der Waals surface area contributed by atoms with Crippen LogP contribution in [0.25, 0.3) is 0 Å². The summed E-state index contributed by atoms with van der Waals surface area (Å²) in [5, 5.41) is 5.50. The minimum absolute atomic E-state index is 0.297. The van der Waals surface area contributed by atoms with Crippen LogP contribution in [0.4, 0.5) is 14.9 Å². The molecule has 26 heavy (non-hydrogen) atoms. The van der Waals surface area contributed by atoms with Gasteiger partial charge in [0.1, 0.15) is 5.82 Å². The van der Waals surface area contributed by atoms with Crippen LogP contribution in [0.1, 0.15) is 24.1 Å². The molecule has 2 aromatic rings. The van der Waals surface area contributed by atoms with Crippen molar-refractivity contribution in [3.05, 3.63) is 65.5 Å². The zero-order valence-electron chi connectivity index (χ0n) is 14.6. The molecule has 0 radical (unpaired) electrons. The fourth-order valence-corrected chi connectivity index (χ4v) is 3.05. The molecule has 0 aromatic heterocycles. The largest absolute Gasteiger partial charge is 0.338 e. The molecule has 0 unspecified atom stereocenters. The molecule has 1 atom stereocenters. The number of carbonyl (C=O) groups excluding carboxylic acids is 1. The number of sulfonamides is 1. The maximum atomic E-state index is 12.9. The number of rotatable bonds is 7. The zero-order valence-corrected chi connectivity index (χ0v) is 15.4. The summed E-state index contributed by atoms with van der Waals surface area (Å²) in [6, 6.07) is 12.2. The minimum atomic E-state index is -3.41. The number of para-hydroxylation sites is 1. The van der Waals surface area contributed by atoms with Gasteiger partial charge in [-0.3, -0.25) is 4.72 Å². The van der Waals surface area contributed by atoms with Gasteiger partial charge in [-0.25, -0.2) is 17.6 Å². The van der Waals surface area contributed by atoms with Crippen LogP contribution in [-0.4, -0.2) is 27.2 Å². The molecule has 8 heteroatoms. The molecule has 140 valence electrons. The van der Waals surface area contributed by atoms with Gasteiger partial charge in [0.25, 0.3) is 0 Å². The summed E-state index contributed by atoms with van der Waals surface area (Å²) in [5.41, 5.74) is 2.00. The van der Waals surface area contributed by atoms with E-state index < -0.39 is 16.1 Å². The van der Waals surface area contributed by atoms with Gasteiger partial charge in [0.2, 0.25) is 10.0 Å². The number of halogens is 1. The molecule has 0 aliphatic carbocycles. The number of benzene rings is 2. The molecule has 6 nitrogen and oxygen atoms in total. The molecule has 0 aliphatic rings. The highest BCUT2D eigenvalue weighted by molar-refractivity contribution is 7.92. The van der Waals surface area contributed by atoms with E-state index >= 15 is 0 Å². The predicted molar refractivity (Wildman–Crippen MR) is 100.0 cm³/mol. The highest BCUT2D eigenvalue weighted by Crippen LogP contribution is 2.23. The van der Waals surface area contributed by atoms with E-state index in [1.54, 1.807) is 43.3 Å². The fraction of sp³-hybridized carbons (Fsp3) is 0.278. The Bertz CT molecular complexity index is 854. The molecule has 0 aliphatic heterocycles. The van der Waals surface area contributed by atoms with Gasteiger partial charge in [-0.15, -0.1) is 0 Å². The van der Waals surface area contributed by atoms with E-state index in [4.69, 9.17) is 0 Å². The maximum Gasteiger partial charge on any atom is 0.315 e. The third-order valence-corrected chi connectivity index (χ3v) is 4.27. The van der Waals surface area contributed by atoms with Crippen molar-refractivity contribution in [2.45, 2.75) is 19.4 Å². The summed E-state index contributed by atoms with van der Waals surface area (Å²) >= 11 is 0. The van der Waals surface area contributed by atoms with Crippen LogP contribution in [0, 0.1) is 5.82 Å². The third kappa shape index (κ3) is 6.36. The summed E-state index contributed by atoms with van der Waals surface area (Å²) in [4.78, 5) is 12.0. The van der Waals surface area contributed by atoms with E-state index in [1.165, 1.54) is 12.1 Å². The van der Waals surface area contributed by atoms with Gasteiger partial charge in [0, 0.05) is 6.54 Å². The van der Waals surface area contributed by atoms with E-state index in [9.17, 15) is 17.6 Å². The quantitative estimate of drug-likeness (QED) is 0.691. The Morgan fingerprint density at radius 1 is 1.12 bits per heavy atom. The van der Waals surface area contributed by atoms with Crippen LogP contribution in [-0.2, 0) is 16.4 Å². The summed E-state index contributed by atoms with van der Waals surface area (Å²) in [5.74, 6) is -0.297. The van der Waals surface area contributed by atoms with Crippen molar-refractivity contribution >= 4 is 21.7 Å². The maximum absolute atomic E-state index is 12.9. The molecule has 0 spiro atoms. The topological polar surface area (TPSA) is 87.3 Å². The van der Waals surface area contributed by atoms with Crippen molar-refractivity contribution in [2.24, 2.45) is 0 Å². The van der Waals surface area contributed by atoms with E-state index in [0.29, 0.717) is 24.2 Å². The first-order valence-electron chi connectivity index (χ1n) is 8.10. The average molecular weight is 379 g/mol. The molecule has 0 bridgehead atoms. The number of nitrogens with one attached hydrogen (secondary N) is 3. The number of carbonyl (C=O) groups is 1.